The number of hydrogen-bond acceptors (Lipinski definition) is 3. The number of hydrogen-bond donors (Lipinski definition) is 1. The number of carbonyl (C=O) groups is 2. The number of allylic oxidation sites excluding steroid dienone is 4. The summed E-state index contributed by atoms with van der Waals surface area (Å²) in [5, 5.41) is 3.55. The quantitative estimate of drug-likeness (QED) is 0.650. The number of nitrogens with one attached hydrogen (secondary N) is 1. The Bertz CT molecular complexity index is 851. The van der Waals surface area contributed by atoms with Crippen molar-refractivity contribution in [1.82, 2.24) is 5.32 Å². The maximum Gasteiger partial charge on any atom is 0.162 e. The average molecular weight is 428 g/mol. The monoisotopic (exact) mass is 427 g/mol. The van der Waals surface area contributed by atoms with E-state index in [1.54, 1.807) is 0 Å². The van der Waals surface area contributed by atoms with Crippen LogP contribution in [0.4, 0.5) is 0 Å². The third-order valence-electron chi connectivity index (χ3n) is 5.92. The Morgan fingerprint density at radius 2 is 1.26 bits per heavy atom. The molecule has 0 radical (unpaired) electrons. The van der Waals surface area contributed by atoms with Gasteiger partial charge in [-0.2, -0.15) is 0 Å². The Balaban J connectivity index is 1.90. The molecule has 2 aliphatic carbocycles. The van der Waals surface area contributed by atoms with E-state index in [-0.39, 0.29) is 28.3 Å². The van der Waals surface area contributed by atoms with Gasteiger partial charge in [-0.15, -0.1) is 0 Å². The van der Waals surface area contributed by atoms with Crippen LogP contribution in [0.5, 0.6) is 0 Å². The van der Waals surface area contributed by atoms with Crippen LogP contribution in [0, 0.1) is 10.8 Å². The minimum Gasteiger partial charge on any atom is -0.362 e. The van der Waals surface area contributed by atoms with E-state index < -0.39 is 0 Å². The highest BCUT2D eigenvalue weighted by Gasteiger charge is 2.46. The maximum atomic E-state index is 13.2. The van der Waals surface area contributed by atoms with E-state index in [0.717, 1.165) is 45.4 Å². The molecule has 0 aromatic heterocycles. The Morgan fingerprint density at radius 1 is 0.815 bits per heavy atom. The molecule has 3 nitrogen and oxygen atoms in total. The van der Waals surface area contributed by atoms with Gasteiger partial charge in [0.05, 0.1) is 0 Å². The topological polar surface area (TPSA) is 46.2 Å². The zero-order chi connectivity index (χ0) is 19.6. The zero-order valence-electron chi connectivity index (χ0n) is 16.4. The van der Waals surface area contributed by atoms with Crippen LogP contribution in [0.3, 0.4) is 0 Å². The summed E-state index contributed by atoms with van der Waals surface area (Å²) in [7, 11) is 0. The summed E-state index contributed by atoms with van der Waals surface area (Å²) in [6, 6.07) is 8.06. The predicted molar refractivity (Wildman–Crippen MR) is 110 cm³/mol. The standard InChI is InChI=1S/C23H26BrNO2/c1-22(2)9-15-20(17(26)11-22)19(13-5-7-14(24)8-6-13)21-16(25-15)10-23(3,4)12-18(21)27/h5-8,19,25H,9-12H2,1-4H3. The Hall–Kier alpha value is -1.68. The molecule has 27 heavy (non-hydrogen) atoms. The van der Waals surface area contributed by atoms with Crippen molar-refractivity contribution < 1.29 is 9.59 Å². The van der Waals surface area contributed by atoms with Crippen molar-refractivity contribution in [3.8, 4) is 0 Å². The van der Waals surface area contributed by atoms with Crippen molar-refractivity contribution in [2.24, 2.45) is 10.8 Å². The van der Waals surface area contributed by atoms with Gasteiger partial charge in [0.25, 0.3) is 0 Å². The molecule has 1 aliphatic heterocycles. The van der Waals surface area contributed by atoms with Crippen LogP contribution >= 0.6 is 15.9 Å². The van der Waals surface area contributed by atoms with Crippen LogP contribution < -0.4 is 5.32 Å². The van der Waals surface area contributed by atoms with Gasteiger partial charge in [0.15, 0.2) is 11.6 Å². The summed E-state index contributed by atoms with van der Waals surface area (Å²) >= 11 is 3.49. The zero-order valence-corrected chi connectivity index (χ0v) is 18.0. The summed E-state index contributed by atoms with van der Waals surface area (Å²) in [4.78, 5) is 26.3. The molecule has 1 aromatic rings. The molecule has 0 fully saturated rings. The third-order valence-corrected chi connectivity index (χ3v) is 6.45. The van der Waals surface area contributed by atoms with Crippen molar-refractivity contribution in [3.63, 3.8) is 0 Å². The van der Waals surface area contributed by atoms with Gasteiger partial charge in [-0.3, -0.25) is 9.59 Å². The molecule has 0 bridgehead atoms. The molecule has 0 spiro atoms. The smallest absolute Gasteiger partial charge is 0.162 e. The van der Waals surface area contributed by atoms with Gasteiger partial charge in [0, 0.05) is 45.8 Å². The number of Topliss-reactive ketones (excluding diaryl/α,β-unsaturated/α-hetero) is 2. The van der Waals surface area contributed by atoms with E-state index in [9.17, 15) is 9.59 Å². The van der Waals surface area contributed by atoms with E-state index in [4.69, 9.17) is 0 Å². The summed E-state index contributed by atoms with van der Waals surface area (Å²) in [6.45, 7) is 8.57. The van der Waals surface area contributed by atoms with Crippen LogP contribution in [-0.2, 0) is 9.59 Å². The molecule has 4 heteroatoms. The van der Waals surface area contributed by atoms with Crippen molar-refractivity contribution in [2.45, 2.75) is 59.3 Å². The molecule has 1 N–H and O–H groups in total. The van der Waals surface area contributed by atoms with E-state index in [1.807, 2.05) is 24.3 Å². The highest BCUT2D eigenvalue weighted by Crippen LogP contribution is 2.50. The fourth-order valence-corrected chi connectivity index (χ4v) is 5.14. The SMILES string of the molecule is CC1(C)CC(=O)C2=C(C1)NC1=C(C(=O)CC(C)(C)C1)C2c1ccc(Br)cc1. The summed E-state index contributed by atoms with van der Waals surface area (Å²) in [5.41, 5.74) is 4.58. The van der Waals surface area contributed by atoms with Crippen LogP contribution in [0.25, 0.3) is 0 Å². The van der Waals surface area contributed by atoms with E-state index >= 15 is 0 Å². The van der Waals surface area contributed by atoms with Crippen molar-refractivity contribution >= 4 is 27.5 Å². The lowest BCUT2D eigenvalue weighted by molar-refractivity contribution is -0.119. The fourth-order valence-electron chi connectivity index (χ4n) is 4.88. The highest BCUT2D eigenvalue weighted by molar-refractivity contribution is 9.10. The molecule has 142 valence electrons. The number of dihydropyridines is 1. The minimum atomic E-state index is -0.239. The van der Waals surface area contributed by atoms with Gasteiger partial charge in [0.2, 0.25) is 0 Å². The number of carbonyl (C=O) groups excluding carboxylic acids is 2. The van der Waals surface area contributed by atoms with Gasteiger partial charge < -0.3 is 5.32 Å². The van der Waals surface area contributed by atoms with Crippen molar-refractivity contribution in [3.05, 3.63) is 56.8 Å². The van der Waals surface area contributed by atoms with Crippen LogP contribution in [0.2, 0.25) is 0 Å². The second-order valence-electron chi connectivity index (χ2n) is 9.78. The normalized spacial score (nSPS) is 24.5. The van der Waals surface area contributed by atoms with Crippen LogP contribution in [-0.4, -0.2) is 11.6 Å². The van der Waals surface area contributed by atoms with Crippen LogP contribution in [0.1, 0.15) is 64.9 Å². The van der Waals surface area contributed by atoms with Crippen molar-refractivity contribution in [1.29, 1.82) is 0 Å². The molecule has 0 unspecified atom stereocenters. The summed E-state index contributed by atoms with van der Waals surface area (Å²) in [5.74, 6) is 0.105. The number of rotatable bonds is 1. The second-order valence-corrected chi connectivity index (χ2v) is 10.7. The molecule has 0 saturated heterocycles. The van der Waals surface area contributed by atoms with Crippen LogP contribution in [0.15, 0.2) is 51.3 Å². The Morgan fingerprint density at radius 3 is 1.70 bits per heavy atom. The summed E-state index contributed by atoms with van der Waals surface area (Å²) in [6.07, 6.45) is 2.74. The maximum absolute atomic E-state index is 13.2. The first-order chi connectivity index (χ1) is 12.6. The second kappa shape index (κ2) is 6.16. The lowest BCUT2D eigenvalue weighted by Gasteiger charge is -2.44. The van der Waals surface area contributed by atoms with Gasteiger partial charge >= 0.3 is 0 Å². The molecule has 4 rings (SSSR count). The van der Waals surface area contributed by atoms with Gasteiger partial charge in [-0.25, -0.2) is 0 Å². The van der Waals surface area contributed by atoms with Crippen molar-refractivity contribution in [2.75, 3.05) is 0 Å². The Labute approximate surface area is 169 Å². The minimum absolute atomic E-state index is 0.0561. The molecule has 1 aromatic carbocycles. The molecule has 0 atom stereocenters. The molecule has 0 saturated carbocycles. The molecule has 3 aliphatic rings. The summed E-state index contributed by atoms with van der Waals surface area (Å²) < 4.78 is 0.996. The van der Waals surface area contributed by atoms with Gasteiger partial charge in [-0.05, 0) is 41.4 Å². The molecule has 1 heterocycles. The molecule has 0 amide bonds. The Kier molecular flexibility index (Phi) is 4.26. The largest absolute Gasteiger partial charge is 0.362 e. The number of halogens is 1. The average Bonchev–Trinajstić information content (AvgIpc) is 2.51. The van der Waals surface area contributed by atoms with Gasteiger partial charge in [0.1, 0.15) is 0 Å². The predicted octanol–water partition coefficient (Wildman–Crippen LogP) is 5.42. The lowest BCUT2D eigenvalue weighted by atomic mass is 9.64. The fraction of sp³-hybridized carbons (Fsp3) is 0.478. The third kappa shape index (κ3) is 3.33. The van der Waals surface area contributed by atoms with E-state index in [0.29, 0.717) is 12.8 Å². The first-order valence-corrected chi connectivity index (χ1v) is 10.4. The van der Waals surface area contributed by atoms with E-state index in [2.05, 4.69) is 48.9 Å². The first-order valence-electron chi connectivity index (χ1n) is 9.61. The molecular formula is C23H26BrNO2. The van der Waals surface area contributed by atoms with E-state index in [1.165, 1.54) is 0 Å². The highest BCUT2D eigenvalue weighted by atomic mass is 79.9. The number of benzene rings is 1. The van der Waals surface area contributed by atoms with Gasteiger partial charge in [-0.1, -0.05) is 55.8 Å². The number of ketones is 2. The molecular weight excluding hydrogens is 402 g/mol. The first kappa shape index (κ1) is 18.7. The lowest BCUT2D eigenvalue weighted by Crippen LogP contribution is -2.42.